The maximum absolute atomic E-state index is 4.61. The van der Waals surface area contributed by atoms with Crippen LogP contribution in [0.3, 0.4) is 0 Å². The van der Waals surface area contributed by atoms with Crippen LogP contribution in [-0.4, -0.2) is 74.1 Å². The van der Waals surface area contributed by atoms with Gasteiger partial charge in [0.05, 0.1) is 0 Å². The van der Waals surface area contributed by atoms with Gasteiger partial charge in [-0.15, -0.1) is 0 Å². The summed E-state index contributed by atoms with van der Waals surface area (Å²) in [6.07, 6.45) is 3.06. The lowest BCUT2D eigenvalue weighted by atomic mass is 10.1. The molecule has 158 valence electrons. The molecule has 29 heavy (non-hydrogen) atoms. The summed E-state index contributed by atoms with van der Waals surface area (Å²) in [6, 6.07) is 8.81. The van der Waals surface area contributed by atoms with Gasteiger partial charge in [0, 0.05) is 77.5 Å². The zero-order valence-electron chi connectivity index (χ0n) is 18.1. The van der Waals surface area contributed by atoms with Crippen molar-refractivity contribution < 1.29 is 0 Å². The second kappa shape index (κ2) is 10.4. The van der Waals surface area contributed by atoms with E-state index in [9.17, 15) is 0 Å². The fourth-order valence-corrected chi connectivity index (χ4v) is 4.21. The number of hydrogen-bond donors (Lipinski definition) is 1. The minimum Gasteiger partial charge on any atom is -0.378 e. The second-order valence-corrected chi connectivity index (χ2v) is 8.19. The van der Waals surface area contributed by atoms with Gasteiger partial charge in [-0.3, -0.25) is 4.99 Å². The average Bonchev–Trinajstić information content (AvgIpc) is 3.24. The lowest BCUT2D eigenvalue weighted by molar-refractivity contribution is 0.372. The molecule has 0 spiro atoms. The largest absolute Gasteiger partial charge is 0.378 e. The van der Waals surface area contributed by atoms with Gasteiger partial charge < -0.3 is 20.0 Å². The van der Waals surface area contributed by atoms with Gasteiger partial charge in [-0.2, -0.15) is 4.37 Å². The molecule has 0 unspecified atom stereocenters. The maximum atomic E-state index is 4.61. The fourth-order valence-electron chi connectivity index (χ4n) is 3.41. The van der Waals surface area contributed by atoms with Crippen molar-refractivity contribution in [1.29, 1.82) is 0 Å². The van der Waals surface area contributed by atoms with Crippen LogP contribution in [-0.2, 0) is 12.8 Å². The van der Waals surface area contributed by atoms with E-state index in [1.165, 1.54) is 22.8 Å². The van der Waals surface area contributed by atoms with Crippen LogP contribution in [0.1, 0.15) is 24.7 Å². The summed E-state index contributed by atoms with van der Waals surface area (Å²) in [6.45, 7) is 6.84. The summed E-state index contributed by atoms with van der Waals surface area (Å²) >= 11 is 1.51. The van der Waals surface area contributed by atoms with Gasteiger partial charge in [-0.05, 0) is 30.5 Å². The summed E-state index contributed by atoms with van der Waals surface area (Å²) in [5, 5.41) is 4.58. The highest BCUT2D eigenvalue weighted by molar-refractivity contribution is 7.09. The summed E-state index contributed by atoms with van der Waals surface area (Å²) in [4.78, 5) is 15.9. The van der Waals surface area contributed by atoms with Gasteiger partial charge in [0.15, 0.2) is 5.96 Å². The van der Waals surface area contributed by atoms with Crippen molar-refractivity contribution in [2.24, 2.45) is 4.99 Å². The van der Waals surface area contributed by atoms with E-state index in [2.05, 4.69) is 79.7 Å². The molecule has 0 bridgehead atoms. The Morgan fingerprint density at radius 2 is 1.90 bits per heavy atom. The number of benzene rings is 1. The van der Waals surface area contributed by atoms with Crippen molar-refractivity contribution >= 4 is 28.3 Å². The van der Waals surface area contributed by atoms with Gasteiger partial charge in [0.25, 0.3) is 0 Å². The third-order valence-electron chi connectivity index (χ3n) is 5.21. The van der Waals surface area contributed by atoms with Crippen LogP contribution >= 0.6 is 11.5 Å². The van der Waals surface area contributed by atoms with E-state index < -0.39 is 0 Å². The number of aliphatic imine (C=N–C) groups is 1. The fraction of sp³-hybridized carbons (Fsp3) is 0.571. The highest BCUT2D eigenvalue weighted by Gasteiger charge is 2.21. The molecular weight excluding hydrogens is 382 g/mol. The molecule has 1 aromatic carbocycles. The third kappa shape index (κ3) is 5.82. The Kier molecular flexibility index (Phi) is 7.69. The minimum atomic E-state index is 0.896. The Labute approximate surface area is 178 Å². The molecule has 8 heteroatoms. The molecule has 1 aliphatic heterocycles. The van der Waals surface area contributed by atoms with Crippen molar-refractivity contribution in [2.45, 2.75) is 26.2 Å². The van der Waals surface area contributed by atoms with Crippen molar-refractivity contribution in [3.8, 4) is 0 Å². The molecule has 0 amide bonds. The standard InChI is InChI=1S/C21H33N7S/c1-5-19-24-21(29-25-19)28-15-13-27(14-16-28)20(22-2)23-12-6-7-17-8-10-18(11-9-17)26(3)4/h8-11H,5-7,12-16H2,1-4H3,(H,22,23). The lowest BCUT2D eigenvalue weighted by Crippen LogP contribution is -2.52. The van der Waals surface area contributed by atoms with E-state index >= 15 is 0 Å². The Hall–Kier alpha value is -2.35. The maximum Gasteiger partial charge on any atom is 0.205 e. The molecular formula is C21H33N7S. The third-order valence-corrected chi connectivity index (χ3v) is 6.03. The molecule has 0 radical (unpaired) electrons. The zero-order chi connectivity index (χ0) is 20.6. The van der Waals surface area contributed by atoms with Gasteiger partial charge in [0.2, 0.25) is 5.13 Å². The van der Waals surface area contributed by atoms with Gasteiger partial charge in [-0.25, -0.2) is 4.98 Å². The van der Waals surface area contributed by atoms with Crippen LogP contribution in [0.4, 0.5) is 10.8 Å². The summed E-state index contributed by atoms with van der Waals surface area (Å²) in [5.74, 6) is 1.94. The normalized spacial score (nSPS) is 15.0. The number of anilines is 2. The Bertz CT molecular complexity index is 777. The molecule has 1 N–H and O–H groups in total. The van der Waals surface area contributed by atoms with E-state index in [1.807, 2.05) is 7.05 Å². The number of nitrogens with one attached hydrogen (secondary N) is 1. The van der Waals surface area contributed by atoms with Crippen molar-refractivity contribution in [3.05, 3.63) is 35.7 Å². The molecule has 1 aliphatic rings. The Morgan fingerprint density at radius 1 is 1.17 bits per heavy atom. The number of aromatic nitrogens is 2. The van der Waals surface area contributed by atoms with Crippen LogP contribution in [0.5, 0.6) is 0 Å². The minimum absolute atomic E-state index is 0.896. The number of aryl methyl sites for hydroxylation is 2. The van der Waals surface area contributed by atoms with E-state index in [0.29, 0.717) is 0 Å². The van der Waals surface area contributed by atoms with E-state index in [-0.39, 0.29) is 0 Å². The molecule has 1 aromatic heterocycles. The SMILES string of the molecule is CCc1nsc(N2CCN(C(=NC)NCCCc3ccc(N(C)C)cc3)CC2)n1. The Morgan fingerprint density at radius 3 is 2.48 bits per heavy atom. The second-order valence-electron chi connectivity index (χ2n) is 7.46. The predicted molar refractivity (Wildman–Crippen MR) is 124 cm³/mol. The van der Waals surface area contributed by atoms with Crippen LogP contribution in [0.2, 0.25) is 0 Å². The first kappa shape index (κ1) is 21.4. The van der Waals surface area contributed by atoms with E-state index in [1.54, 1.807) is 0 Å². The quantitative estimate of drug-likeness (QED) is 0.426. The molecule has 1 fully saturated rings. The summed E-state index contributed by atoms with van der Waals surface area (Å²) in [5.41, 5.74) is 2.62. The van der Waals surface area contributed by atoms with Crippen molar-refractivity contribution in [3.63, 3.8) is 0 Å². The van der Waals surface area contributed by atoms with E-state index in [4.69, 9.17) is 0 Å². The van der Waals surface area contributed by atoms with Crippen molar-refractivity contribution in [1.82, 2.24) is 19.6 Å². The lowest BCUT2D eigenvalue weighted by Gasteiger charge is -2.36. The molecule has 0 atom stereocenters. The Balaban J connectivity index is 1.40. The molecule has 3 rings (SSSR count). The smallest absolute Gasteiger partial charge is 0.205 e. The molecule has 2 aromatic rings. The van der Waals surface area contributed by atoms with Crippen LogP contribution in [0.25, 0.3) is 0 Å². The topological polar surface area (TPSA) is 59.9 Å². The highest BCUT2D eigenvalue weighted by atomic mass is 32.1. The van der Waals surface area contributed by atoms with Crippen LogP contribution < -0.4 is 15.1 Å². The molecule has 2 heterocycles. The number of hydrogen-bond acceptors (Lipinski definition) is 6. The summed E-state index contributed by atoms with van der Waals surface area (Å²) < 4.78 is 4.41. The highest BCUT2D eigenvalue weighted by Crippen LogP contribution is 2.19. The molecule has 0 aliphatic carbocycles. The predicted octanol–water partition coefficient (Wildman–Crippen LogP) is 2.50. The first-order chi connectivity index (χ1) is 14.1. The van der Waals surface area contributed by atoms with Gasteiger partial charge in [0.1, 0.15) is 5.82 Å². The van der Waals surface area contributed by atoms with Crippen molar-refractivity contribution in [2.75, 3.05) is 63.7 Å². The number of guanidine groups is 1. The van der Waals surface area contributed by atoms with E-state index in [0.717, 1.165) is 68.9 Å². The van der Waals surface area contributed by atoms with Gasteiger partial charge in [-0.1, -0.05) is 19.1 Å². The van der Waals surface area contributed by atoms with Gasteiger partial charge >= 0.3 is 0 Å². The molecule has 1 saturated heterocycles. The number of piperazine rings is 1. The first-order valence-corrected chi connectivity index (χ1v) is 11.2. The first-order valence-electron chi connectivity index (χ1n) is 10.4. The van der Waals surface area contributed by atoms with Crippen LogP contribution in [0.15, 0.2) is 29.3 Å². The number of rotatable bonds is 7. The molecule has 7 nitrogen and oxygen atoms in total. The van der Waals surface area contributed by atoms with Crippen LogP contribution in [0, 0.1) is 0 Å². The monoisotopic (exact) mass is 415 g/mol. The number of nitrogens with zero attached hydrogens (tertiary/aromatic N) is 6. The average molecular weight is 416 g/mol. The summed E-state index contributed by atoms with van der Waals surface area (Å²) in [7, 11) is 6.01. The molecule has 0 saturated carbocycles. The zero-order valence-corrected chi connectivity index (χ0v) is 18.9.